The monoisotopic (exact) mass is 343 g/mol. The first-order valence-electron chi connectivity index (χ1n) is 8.43. The minimum absolute atomic E-state index is 0.0457. The van der Waals surface area contributed by atoms with Crippen LogP contribution in [0.1, 0.15) is 30.3 Å². The molecule has 8 nitrogen and oxygen atoms in total. The molecular weight excluding hydrogens is 322 g/mol. The lowest BCUT2D eigenvalue weighted by atomic mass is 10.1. The maximum absolute atomic E-state index is 12.8. The SMILES string of the molecule is CCCC1CNCCN1C(=O)c1ccn(-c2ccccc2[N+](=O)[O-])n1. The van der Waals surface area contributed by atoms with Crippen molar-refractivity contribution in [1.29, 1.82) is 0 Å². The van der Waals surface area contributed by atoms with Crippen LogP contribution < -0.4 is 5.32 Å². The van der Waals surface area contributed by atoms with Crippen molar-refractivity contribution in [3.05, 3.63) is 52.3 Å². The number of amides is 1. The van der Waals surface area contributed by atoms with Crippen LogP contribution in [0, 0.1) is 10.1 Å². The molecule has 0 spiro atoms. The number of nitro benzene ring substituents is 1. The van der Waals surface area contributed by atoms with Crippen LogP contribution in [0.25, 0.3) is 5.69 Å². The number of nitrogens with zero attached hydrogens (tertiary/aromatic N) is 4. The quantitative estimate of drug-likeness (QED) is 0.662. The van der Waals surface area contributed by atoms with Gasteiger partial charge in [-0.3, -0.25) is 14.9 Å². The third kappa shape index (κ3) is 3.53. The van der Waals surface area contributed by atoms with E-state index in [1.807, 2.05) is 4.90 Å². The van der Waals surface area contributed by atoms with Gasteiger partial charge in [-0.1, -0.05) is 25.5 Å². The topological polar surface area (TPSA) is 93.3 Å². The number of para-hydroxylation sites is 2. The van der Waals surface area contributed by atoms with E-state index < -0.39 is 4.92 Å². The minimum atomic E-state index is -0.452. The molecule has 0 radical (unpaired) electrons. The van der Waals surface area contributed by atoms with E-state index in [2.05, 4.69) is 17.3 Å². The molecule has 0 aliphatic carbocycles. The molecule has 2 aromatic rings. The molecule has 1 fully saturated rings. The van der Waals surface area contributed by atoms with E-state index in [1.54, 1.807) is 30.5 Å². The summed E-state index contributed by atoms with van der Waals surface area (Å²) in [5, 5.41) is 18.8. The van der Waals surface area contributed by atoms with Crippen LogP contribution in [-0.4, -0.2) is 51.2 Å². The van der Waals surface area contributed by atoms with Crippen molar-refractivity contribution in [1.82, 2.24) is 20.0 Å². The van der Waals surface area contributed by atoms with E-state index in [-0.39, 0.29) is 17.6 Å². The van der Waals surface area contributed by atoms with Crippen LogP contribution >= 0.6 is 0 Å². The average Bonchev–Trinajstić information content (AvgIpc) is 3.12. The second-order valence-electron chi connectivity index (χ2n) is 6.04. The lowest BCUT2D eigenvalue weighted by Crippen LogP contribution is -2.53. The van der Waals surface area contributed by atoms with Gasteiger partial charge in [-0.15, -0.1) is 0 Å². The fourth-order valence-corrected chi connectivity index (χ4v) is 3.15. The van der Waals surface area contributed by atoms with Gasteiger partial charge in [0.1, 0.15) is 5.69 Å². The number of hydrogen-bond donors (Lipinski definition) is 1. The molecule has 8 heteroatoms. The number of aromatic nitrogens is 2. The van der Waals surface area contributed by atoms with Crippen LogP contribution in [0.2, 0.25) is 0 Å². The molecule has 1 aromatic carbocycles. The maximum atomic E-state index is 12.8. The standard InChI is InChI=1S/C17H21N5O3/c1-2-5-13-12-18-9-11-20(13)17(23)14-8-10-21(19-14)15-6-3-4-7-16(15)22(24)25/h3-4,6-8,10,13,18H,2,5,9,11-12H2,1H3. The first kappa shape index (κ1) is 17.1. The Hall–Kier alpha value is -2.74. The normalized spacial score (nSPS) is 17.5. The van der Waals surface area contributed by atoms with E-state index in [4.69, 9.17) is 0 Å². The summed E-state index contributed by atoms with van der Waals surface area (Å²) in [6, 6.07) is 8.12. The Kier molecular flexibility index (Phi) is 5.08. The van der Waals surface area contributed by atoms with E-state index in [0.717, 1.165) is 25.9 Å². The first-order chi connectivity index (χ1) is 12.1. The van der Waals surface area contributed by atoms with Crippen molar-refractivity contribution in [3.8, 4) is 5.69 Å². The van der Waals surface area contributed by atoms with Crippen molar-refractivity contribution in [2.75, 3.05) is 19.6 Å². The molecule has 1 N–H and O–H groups in total. The number of benzene rings is 1. The molecular formula is C17H21N5O3. The minimum Gasteiger partial charge on any atom is -0.332 e. The van der Waals surface area contributed by atoms with Gasteiger partial charge >= 0.3 is 0 Å². The summed E-state index contributed by atoms with van der Waals surface area (Å²) in [6.45, 7) is 4.28. The van der Waals surface area contributed by atoms with Gasteiger partial charge < -0.3 is 10.2 Å². The zero-order chi connectivity index (χ0) is 17.8. The van der Waals surface area contributed by atoms with Gasteiger partial charge in [-0.25, -0.2) is 4.68 Å². The highest BCUT2D eigenvalue weighted by molar-refractivity contribution is 5.92. The van der Waals surface area contributed by atoms with Gasteiger partial charge in [0.2, 0.25) is 0 Å². The number of rotatable bonds is 5. The summed E-state index contributed by atoms with van der Waals surface area (Å²) in [7, 11) is 0. The number of carbonyl (C=O) groups excluding carboxylic acids is 1. The van der Waals surface area contributed by atoms with Crippen LogP contribution in [-0.2, 0) is 0 Å². The Morgan fingerprint density at radius 1 is 1.40 bits per heavy atom. The lowest BCUT2D eigenvalue weighted by molar-refractivity contribution is -0.384. The number of nitro groups is 1. The van der Waals surface area contributed by atoms with Crippen LogP contribution in [0.15, 0.2) is 36.5 Å². The van der Waals surface area contributed by atoms with Gasteiger partial charge in [0.15, 0.2) is 5.69 Å². The van der Waals surface area contributed by atoms with E-state index in [0.29, 0.717) is 17.9 Å². The summed E-state index contributed by atoms with van der Waals surface area (Å²) in [5.74, 6) is -0.128. The predicted octanol–water partition coefficient (Wildman–Crippen LogP) is 1.99. The Labute approximate surface area is 145 Å². The molecule has 1 aliphatic rings. The Balaban J connectivity index is 1.86. The molecule has 25 heavy (non-hydrogen) atoms. The van der Waals surface area contributed by atoms with Gasteiger partial charge in [-0.05, 0) is 18.6 Å². The molecule has 0 saturated carbocycles. The highest BCUT2D eigenvalue weighted by atomic mass is 16.6. The molecule has 3 rings (SSSR count). The van der Waals surface area contributed by atoms with Gasteiger partial charge in [0.25, 0.3) is 11.6 Å². The van der Waals surface area contributed by atoms with Crippen molar-refractivity contribution in [2.45, 2.75) is 25.8 Å². The summed E-state index contributed by atoms with van der Waals surface area (Å²) in [5.41, 5.74) is 0.605. The predicted molar refractivity (Wildman–Crippen MR) is 92.8 cm³/mol. The average molecular weight is 343 g/mol. The number of nitrogens with one attached hydrogen (secondary N) is 1. The molecule has 1 aromatic heterocycles. The Morgan fingerprint density at radius 3 is 2.96 bits per heavy atom. The highest BCUT2D eigenvalue weighted by Crippen LogP contribution is 2.22. The fourth-order valence-electron chi connectivity index (χ4n) is 3.15. The van der Waals surface area contributed by atoms with Gasteiger partial charge in [0, 0.05) is 37.9 Å². The third-order valence-corrected chi connectivity index (χ3v) is 4.37. The molecule has 2 heterocycles. The van der Waals surface area contributed by atoms with Gasteiger partial charge in [-0.2, -0.15) is 5.10 Å². The van der Waals surface area contributed by atoms with E-state index >= 15 is 0 Å². The molecule has 1 amide bonds. The van der Waals surface area contributed by atoms with E-state index in [9.17, 15) is 14.9 Å². The molecule has 132 valence electrons. The van der Waals surface area contributed by atoms with Crippen LogP contribution in [0.3, 0.4) is 0 Å². The fraction of sp³-hybridized carbons (Fsp3) is 0.412. The van der Waals surface area contributed by atoms with Crippen molar-refractivity contribution >= 4 is 11.6 Å². The van der Waals surface area contributed by atoms with Crippen LogP contribution in [0.5, 0.6) is 0 Å². The second-order valence-corrected chi connectivity index (χ2v) is 6.04. The van der Waals surface area contributed by atoms with Crippen LogP contribution in [0.4, 0.5) is 5.69 Å². The lowest BCUT2D eigenvalue weighted by Gasteiger charge is -2.35. The first-order valence-corrected chi connectivity index (χ1v) is 8.43. The maximum Gasteiger partial charge on any atom is 0.294 e. The zero-order valence-electron chi connectivity index (χ0n) is 14.1. The molecule has 1 atom stereocenters. The van der Waals surface area contributed by atoms with Crippen molar-refractivity contribution < 1.29 is 9.72 Å². The zero-order valence-corrected chi connectivity index (χ0v) is 14.1. The molecule has 1 aliphatic heterocycles. The number of carbonyl (C=O) groups is 1. The third-order valence-electron chi connectivity index (χ3n) is 4.37. The molecule has 1 unspecified atom stereocenters. The smallest absolute Gasteiger partial charge is 0.294 e. The summed E-state index contributed by atoms with van der Waals surface area (Å²) >= 11 is 0. The second kappa shape index (κ2) is 7.43. The van der Waals surface area contributed by atoms with Crippen molar-refractivity contribution in [2.24, 2.45) is 0 Å². The van der Waals surface area contributed by atoms with Crippen molar-refractivity contribution in [3.63, 3.8) is 0 Å². The summed E-state index contributed by atoms with van der Waals surface area (Å²) in [4.78, 5) is 25.4. The highest BCUT2D eigenvalue weighted by Gasteiger charge is 2.28. The Bertz CT molecular complexity index is 771. The summed E-state index contributed by atoms with van der Waals surface area (Å²) < 4.78 is 1.39. The largest absolute Gasteiger partial charge is 0.332 e. The molecule has 1 saturated heterocycles. The number of piperazine rings is 1. The number of hydrogen-bond acceptors (Lipinski definition) is 5. The van der Waals surface area contributed by atoms with Gasteiger partial charge in [0.05, 0.1) is 4.92 Å². The molecule has 0 bridgehead atoms. The Morgan fingerprint density at radius 2 is 2.20 bits per heavy atom. The van der Waals surface area contributed by atoms with E-state index in [1.165, 1.54) is 10.7 Å². The summed E-state index contributed by atoms with van der Waals surface area (Å²) in [6.07, 6.45) is 3.52.